The molecule has 0 fully saturated rings. The molecule has 0 aromatic heterocycles. The Morgan fingerprint density at radius 3 is 2.53 bits per heavy atom. The third-order valence-corrected chi connectivity index (χ3v) is 2.05. The SMILES string of the molecule is O=[N+]([O-])c1cc(F)c(OC(F)F)cc1Br. The van der Waals surface area contributed by atoms with Crippen LogP contribution in [0.15, 0.2) is 16.6 Å². The number of nitro groups is 1. The molecule has 0 aliphatic heterocycles. The summed E-state index contributed by atoms with van der Waals surface area (Å²) in [6.45, 7) is -3.19. The molecule has 0 aliphatic rings. The number of rotatable bonds is 3. The zero-order chi connectivity index (χ0) is 11.6. The Balaban J connectivity index is 3.13. The molecule has 15 heavy (non-hydrogen) atoms. The predicted molar refractivity (Wildman–Crippen MR) is 47.4 cm³/mol. The first-order valence-electron chi connectivity index (χ1n) is 3.50. The summed E-state index contributed by atoms with van der Waals surface area (Å²) in [5, 5.41) is 10.3. The van der Waals surface area contributed by atoms with Gasteiger partial charge in [-0.25, -0.2) is 4.39 Å². The molecule has 1 rings (SSSR count). The molecule has 0 radical (unpaired) electrons. The second kappa shape index (κ2) is 4.47. The first kappa shape index (κ1) is 11.8. The molecular weight excluding hydrogens is 283 g/mol. The summed E-state index contributed by atoms with van der Waals surface area (Å²) >= 11 is 2.74. The molecular formula is C7H3BrF3NO3. The molecule has 0 heterocycles. The summed E-state index contributed by atoms with van der Waals surface area (Å²) in [4.78, 5) is 9.48. The van der Waals surface area contributed by atoms with E-state index in [1.54, 1.807) is 0 Å². The fourth-order valence-electron chi connectivity index (χ4n) is 0.844. The van der Waals surface area contributed by atoms with E-state index < -0.39 is 28.8 Å². The van der Waals surface area contributed by atoms with Crippen LogP contribution < -0.4 is 4.74 Å². The quantitative estimate of drug-likeness (QED) is 0.633. The summed E-state index contributed by atoms with van der Waals surface area (Å²) in [6.07, 6.45) is 0. The minimum Gasteiger partial charge on any atom is -0.432 e. The lowest BCUT2D eigenvalue weighted by molar-refractivity contribution is -0.385. The van der Waals surface area contributed by atoms with Crippen molar-refractivity contribution >= 4 is 21.6 Å². The van der Waals surface area contributed by atoms with Crippen molar-refractivity contribution in [3.63, 3.8) is 0 Å². The van der Waals surface area contributed by atoms with Crippen LogP contribution in [0.4, 0.5) is 18.9 Å². The van der Waals surface area contributed by atoms with Gasteiger partial charge in [0, 0.05) is 6.07 Å². The van der Waals surface area contributed by atoms with Crippen molar-refractivity contribution in [1.29, 1.82) is 0 Å². The van der Waals surface area contributed by atoms with Gasteiger partial charge in [0.15, 0.2) is 11.6 Å². The molecule has 1 aromatic carbocycles. The van der Waals surface area contributed by atoms with Crippen LogP contribution in [0.2, 0.25) is 0 Å². The minimum absolute atomic E-state index is 0.135. The van der Waals surface area contributed by atoms with Crippen molar-refractivity contribution < 1.29 is 22.8 Å². The van der Waals surface area contributed by atoms with Crippen LogP contribution in [0.5, 0.6) is 5.75 Å². The Bertz CT molecular complexity index is 399. The van der Waals surface area contributed by atoms with E-state index in [1.165, 1.54) is 0 Å². The molecule has 0 saturated heterocycles. The van der Waals surface area contributed by atoms with Gasteiger partial charge in [-0.15, -0.1) is 0 Å². The maximum absolute atomic E-state index is 13.0. The fourth-order valence-corrected chi connectivity index (χ4v) is 1.31. The van der Waals surface area contributed by atoms with Gasteiger partial charge in [-0.2, -0.15) is 8.78 Å². The van der Waals surface area contributed by atoms with E-state index in [9.17, 15) is 23.3 Å². The summed E-state index contributed by atoms with van der Waals surface area (Å²) < 4.78 is 40.1. The van der Waals surface area contributed by atoms with Crippen LogP contribution in [-0.2, 0) is 0 Å². The van der Waals surface area contributed by atoms with Crippen LogP contribution in [0, 0.1) is 15.9 Å². The van der Waals surface area contributed by atoms with Crippen molar-refractivity contribution in [1.82, 2.24) is 0 Å². The average Bonchev–Trinajstić information content (AvgIpc) is 2.09. The van der Waals surface area contributed by atoms with Crippen molar-refractivity contribution in [2.75, 3.05) is 0 Å². The molecule has 4 nitrogen and oxygen atoms in total. The maximum Gasteiger partial charge on any atom is 0.387 e. The number of ether oxygens (including phenoxy) is 1. The van der Waals surface area contributed by atoms with Gasteiger partial charge in [0.2, 0.25) is 0 Å². The predicted octanol–water partition coefficient (Wildman–Crippen LogP) is 3.10. The Morgan fingerprint density at radius 1 is 1.47 bits per heavy atom. The number of hydrogen-bond donors (Lipinski definition) is 0. The molecule has 82 valence electrons. The molecule has 0 spiro atoms. The third kappa shape index (κ3) is 2.82. The zero-order valence-corrected chi connectivity index (χ0v) is 8.50. The van der Waals surface area contributed by atoms with Gasteiger partial charge in [0.1, 0.15) is 0 Å². The van der Waals surface area contributed by atoms with E-state index in [0.717, 1.165) is 6.07 Å². The van der Waals surface area contributed by atoms with Gasteiger partial charge < -0.3 is 4.74 Å². The molecule has 1 aromatic rings. The van der Waals surface area contributed by atoms with Gasteiger partial charge in [-0.05, 0) is 15.9 Å². The van der Waals surface area contributed by atoms with Gasteiger partial charge in [-0.1, -0.05) is 0 Å². The summed E-state index contributed by atoms with van der Waals surface area (Å²) in [5.41, 5.74) is -0.561. The highest BCUT2D eigenvalue weighted by atomic mass is 79.9. The van der Waals surface area contributed by atoms with E-state index in [-0.39, 0.29) is 4.47 Å². The van der Waals surface area contributed by atoms with Gasteiger partial charge >= 0.3 is 6.61 Å². The second-order valence-corrected chi connectivity index (χ2v) is 3.22. The molecule has 0 bridgehead atoms. The topological polar surface area (TPSA) is 52.4 Å². The summed E-state index contributed by atoms with van der Waals surface area (Å²) in [7, 11) is 0. The van der Waals surface area contributed by atoms with Crippen molar-refractivity contribution in [2.24, 2.45) is 0 Å². The molecule has 0 N–H and O–H groups in total. The Morgan fingerprint density at radius 2 is 2.07 bits per heavy atom. The number of benzene rings is 1. The van der Waals surface area contributed by atoms with Crippen LogP contribution >= 0.6 is 15.9 Å². The van der Waals surface area contributed by atoms with Gasteiger partial charge in [-0.3, -0.25) is 10.1 Å². The lowest BCUT2D eigenvalue weighted by Gasteiger charge is -2.05. The van der Waals surface area contributed by atoms with Crippen molar-refractivity contribution in [2.45, 2.75) is 6.61 Å². The highest BCUT2D eigenvalue weighted by Gasteiger charge is 2.19. The number of nitrogens with zero attached hydrogens (tertiary/aromatic N) is 1. The average molecular weight is 286 g/mol. The Labute approximate surface area is 89.9 Å². The molecule has 0 atom stereocenters. The standard InChI is InChI=1S/C7H3BrF3NO3/c8-3-1-6(15-7(10)11)4(9)2-5(3)12(13)14/h1-2,7H. The lowest BCUT2D eigenvalue weighted by Crippen LogP contribution is -2.04. The number of hydrogen-bond acceptors (Lipinski definition) is 3. The third-order valence-electron chi connectivity index (χ3n) is 1.41. The first-order valence-corrected chi connectivity index (χ1v) is 4.29. The van der Waals surface area contributed by atoms with Gasteiger partial charge in [0.05, 0.1) is 15.5 Å². The smallest absolute Gasteiger partial charge is 0.387 e. The highest BCUT2D eigenvalue weighted by Crippen LogP contribution is 2.32. The number of halogens is 4. The molecule has 0 unspecified atom stereocenters. The largest absolute Gasteiger partial charge is 0.432 e. The van der Waals surface area contributed by atoms with Crippen LogP contribution in [0.1, 0.15) is 0 Å². The van der Waals surface area contributed by atoms with E-state index in [2.05, 4.69) is 20.7 Å². The van der Waals surface area contributed by atoms with E-state index >= 15 is 0 Å². The summed E-state index contributed by atoms with van der Waals surface area (Å²) in [6, 6.07) is 1.28. The van der Waals surface area contributed by atoms with Gasteiger partial charge in [0.25, 0.3) is 5.69 Å². The lowest BCUT2D eigenvalue weighted by atomic mass is 10.3. The van der Waals surface area contributed by atoms with E-state index in [4.69, 9.17) is 0 Å². The van der Waals surface area contributed by atoms with Crippen LogP contribution in [-0.4, -0.2) is 11.5 Å². The molecule has 0 amide bonds. The monoisotopic (exact) mass is 285 g/mol. The minimum atomic E-state index is -3.19. The normalized spacial score (nSPS) is 10.5. The van der Waals surface area contributed by atoms with E-state index in [0.29, 0.717) is 6.07 Å². The zero-order valence-electron chi connectivity index (χ0n) is 6.92. The fraction of sp³-hybridized carbons (Fsp3) is 0.143. The van der Waals surface area contributed by atoms with Crippen molar-refractivity contribution in [3.8, 4) is 5.75 Å². The van der Waals surface area contributed by atoms with Crippen molar-refractivity contribution in [3.05, 3.63) is 32.5 Å². The summed E-state index contributed by atoms with van der Waals surface area (Å²) in [5.74, 6) is -1.97. The molecule has 0 aliphatic carbocycles. The molecule has 0 saturated carbocycles. The van der Waals surface area contributed by atoms with E-state index in [1.807, 2.05) is 0 Å². The second-order valence-electron chi connectivity index (χ2n) is 2.37. The van der Waals surface area contributed by atoms with Crippen LogP contribution in [0.25, 0.3) is 0 Å². The number of nitro benzene ring substituents is 1. The highest BCUT2D eigenvalue weighted by molar-refractivity contribution is 9.10. The number of alkyl halides is 2. The maximum atomic E-state index is 13.0. The molecule has 8 heteroatoms. The Hall–Kier alpha value is -1.31. The van der Waals surface area contributed by atoms with Crippen LogP contribution in [0.3, 0.4) is 0 Å². The first-order chi connectivity index (χ1) is 6.91. The Kier molecular flexibility index (Phi) is 3.51.